The first-order chi connectivity index (χ1) is 8.88. The van der Waals surface area contributed by atoms with Gasteiger partial charge in [-0.2, -0.15) is 0 Å². The van der Waals surface area contributed by atoms with Crippen LogP contribution in [-0.2, 0) is 0 Å². The van der Waals surface area contributed by atoms with Crippen molar-refractivity contribution in [1.29, 1.82) is 0 Å². The molecule has 0 bridgehead atoms. The van der Waals surface area contributed by atoms with Gasteiger partial charge < -0.3 is 4.57 Å². The number of aromatic nitrogens is 2. The van der Waals surface area contributed by atoms with Gasteiger partial charge in [-0.1, -0.05) is 44.0 Å². The third kappa shape index (κ3) is 3.40. The summed E-state index contributed by atoms with van der Waals surface area (Å²) in [6.45, 7) is 6.44. The van der Waals surface area contributed by atoms with Crippen LogP contribution in [0.2, 0.25) is 10.0 Å². The van der Waals surface area contributed by atoms with Crippen molar-refractivity contribution in [2.24, 2.45) is 5.41 Å². The molecule has 0 aliphatic rings. The third-order valence-electron chi connectivity index (χ3n) is 2.83. The molecule has 0 N–H and O–H groups in total. The lowest BCUT2D eigenvalue weighted by molar-refractivity contribution is 0.568. The van der Waals surface area contributed by atoms with Crippen LogP contribution in [0, 0.1) is 5.41 Å². The Labute approximate surface area is 123 Å². The second-order valence-corrected chi connectivity index (χ2v) is 6.27. The van der Waals surface area contributed by atoms with Gasteiger partial charge in [0.1, 0.15) is 0 Å². The molecular formula is C15H16Cl2N2. The Morgan fingerprint density at radius 1 is 1.26 bits per heavy atom. The number of halogens is 2. The van der Waals surface area contributed by atoms with Crippen LogP contribution in [0.15, 0.2) is 36.9 Å². The topological polar surface area (TPSA) is 17.8 Å². The van der Waals surface area contributed by atoms with Crippen molar-refractivity contribution < 1.29 is 0 Å². The van der Waals surface area contributed by atoms with Gasteiger partial charge >= 0.3 is 0 Å². The summed E-state index contributed by atoms with van der Waals surface area (Å²) in [6.07, 6.45) is 7.43. The zero-order chi connectivity index (χ0) is 14.0. The minimum absolute atomic E-state index is 0.0570. The van der Waals surface area contributed by atoms with Crippen molar-refractivity contribution in [2.75, 3.05) is 0 Å². The van der Waals surface area contributed by atoms with E-state index in [9.17, 15) is 0 Å². The quantitative estimate of drug-likeness (QED) is 0.741. The number of benzene rings is 1. The molecule has 2 rings (SSSR count). The molecule has 0 saturated heterocycles. The van der Waals surface area contributed by atoms with E-state index < -0.39 is 0 Å². The van der Waals surface area contributed by atoms with Gasteiger partial charge in [0, 0.05) is 28.6 Å². The molecule has 2 nitrogen and oxygen atoms in total. The van der Waals surface area contributed by atoms with Gasteiger partial charge in [0.2, 0.25) is 0 Å². The molecule has 0 amide bonds. The maximum Gasteiger partial charge on any atom is 0.0986 e. The van der Waals surface area contributed by atoms with Crippen LogP contribution in [0.1, 0.15) is 26.3 Å². The van der Waals surface area contributed by atoms with Crippen molar-refractivity contribution >= 4 is 35.0 Å². The molecule has 19 heavy (non-hydrogen) atoms. The monoisotopic (exact) mass is 294 g/mol. The molecule has 0 aliphatic heterocycles. The molecule has 2 aromatic rings. The Morgan fingerprint density at radius 3 is 2.58 bits per heavy atom. The van der Waals surface area contributed by atoms with Gasteiger partial charge in [-0.25, -0.2) is 4.98 Å². The Hall–Kier alpha value is -1.25. The van der Waals surface area contributed by atoms with Gasteiger partial charge in [0.15, 0.2) is 0 Å². The zero-order valence-corrected chi connectivity index (χ0v) is 12.7. The molecule has 0 unspecified atom stereocenters. The van der Waals surface area contributed by atoms with Crippen LogP contribution in [0.4, 0.5) is 0 Å². The number of rotatable bonds is 2. The second kappa shape index (κ2) is 5.40. The zero-order valence-electron chi connectivity index (χ0n) is 11.2. The standard InChI is InChI=1S/C15H16Cl2N2/c1-15(2,3)13(9-19-7-6-18-10-19)12-8-11(16)4-5-14(12)17/h4-10H,1-3H3/b13-9-. The minimum Gasteiger partial charge on any atom is -0.313 e. The average molecular weight is 295 g/mol. The van der Waals surface area contributed by atoms with Gasteiger partial charge in [-0.3, -0.25) is 0 Å². The molecule has 0 radical (unpaired) electrons. The summed E-state index contributed by atoms with van der Waals surface area (Å²) in [6, 6.07) is 5.52. The predicted molar refractivity (Wildman–Crippen MR) is 82.3 cm³/mol. The van der Waals surface area contributed by atoms with Gasteiger partial charge in [0.25, 0.3) is 0 Å². The summed E-state index contributed by atoms with van der Waals surface area (Å²) in [5.74, 6) is 0. The summed E-state index contributed by atoms with van der Waals surface area (Å²) in [5, 5.41) is 1.38. The van der Waals surface area contributed by atoms with E-state index in [0.717, 1.165) is 11.1 Å². The van der Waals surface area contributed by atoms with E-state index in [2.05, 4.69) is 25.8 Å². The molecule has 1 aromatic heterocycles. The Bertz CT molecular complexity index is 593. The van der Waals surface area contributed by atoms with Crippen LogP contribution >= 0.6 is 23.2 Å². The number of imidazole rings is 1. The largest absolute Gasteiger partial charge is 0.313 e. The van der Waals surface area contributed by atoms with E-state index in [0.29, 0.717) is 10.0 Å². The highest BCUT2D eigenvalue weighted by molar-refractivity contribution is 6.34. The van der Waals surface area contributed by atoms with Gasteiger partial charge in [-0.05, 0) is 34.8 Å². The maximum absolute atomic E-state index is 6.31. The Morgan fingerprint density at radius 2 is 2.00 bits per heavy atom. The molecule has 0 spiro atoms. The SMILES string of the molecule is CC(C)(C)/C(=C\n1ccnc1)c1cc(Cl)ccc1Cl. The highest BCUT2D eigenvalue weighted by atomic mass is 35.5. The smallest absolute Gasteiger partial charge is 0.0986 e. The summed E-state index contributed by atoms with van der Waals surface area (Å²) in [4.78, 5) is 4.05. The van der Waals surface area contributed by atoms with Crippen molar-refractivity contribution in [1.82, 2.24) is 9.55 Å². The molecule has 1 aromatic carbocycles. The highest BCUT2D eigenvalue weighted by Crippen LogP contribution is 2.39. The highest BCUT2D eigenvalue weighted by Gasteiger charge is 2.21. The van der Waals surface area contributed by atoms with Gasteiger partial charge in [-0.15, -0.1) is 0 Å². The fourth-order valence-electron chi connectivity index (χ4n) is 1.87. The molecule has 0 atom stereocenters. The van der Waals surface area contributed by atoms with Crippen molar-refractivity contribution in [2.45, 2.75) is 20.8 Å². The summed E-state index contributed by atoms with van der Waals surface area (Å²) >= 11 is 12.4. The fraction of sp³-hybridized carbons (Fsp3) is 0.267. The third-order valence-corrected chi connectivity index (χ3v) is 3.39. The minimum atomic E-state index is -0.0570. The lowest BCUT2D eigenvalue weighted by atomic mass is 9.82. The van der Waals surface area contributed by atoms with Crippen molar-refractivity contribution in [3.63, 3.8) is 0 Å². The molecular weight excluding hydrogens is 279 g/mol. The molecule has 100 valence electrons. The molecule has 4 heteroatoms. The van der Waals surface area contributed by atoms with Crippen molar-refractivity contribution in [3.8, 4) is 0 Å². The first-order valence-corrected chi connectivity index (χ1v) is 6.78. The lowest BCUT2D eigenvalue weighted by Crippen LogP contribution is -2.09. The van der Waals surface area contributed by atoms with Crippen LogP contribution < -0.4 is 0 Å². The number of allylic oxidation sites excluding steroid dienone is 1. The summed E-state index contributed by atoms with van der Waals surface area (Å²) < 4.78 is 1.91. The molecule has 1 heterocycles. The van der Waals surface area contributed by atoms with Crippen LogP contribution in [0.3, 0.4) is 0 Å². The van der Waals surface area contributed by atoms with E-state index in [4.69, 9.17) is 23.2 Å². The van der Waals surface area contributed by atoms with Crippen LogP contribution in [0.5, 0.6) is 0 Å². The summed E-state index contributed by atoms with van der Waals surface area (Å²) in [7, 11) is 0. The second-order valence-electron chi connectivity index (χ2n) is 5.43. The molecule has 0 fully saturated rings. The summed E-state index contributed by atoms with van der Waals surface area (Å²) in [5.41, 5.74) is 2.01. The fourth-order valence-corrected chi connectivity index (χ4v) is 2.26. The maximum atomic E-state index is 6.31. The van der Waals surface area contributed by atoms with Crippen molar-refractivity contribution in [3.05, 3.63) is 52.5 Å². The van der Waals surface area contributed by atoms with Gasteiger partial charge in [0.05, 0.1) is 6.33 Å². The normalized spacial score (nSPS) is 12.8. The van der Waals surface area contributed by atoms with Crippen LogP contribution in [-0.4, -0.2) is 9.55 Å². The van der Waals surface area contributed by atoms with E-state index >= 15 is 0 Å². The average Bonchev–Trinajstić information content (AvgIpc) is 2.81. The Balaban J connectivity index is 2.59. The molecule has 0 aliphatic carbocycles. The Kier molecular flexibility index (Phi) is 4.02. The first kappa shape index (κ1) is 14.2. The van der Waals surface area contributed by atoms with E-state index in [1.165, 1.54) is 0 Å². The number of nitrogens with zero attached hydrogens (tertiary/aromatic N) is 2. The van der Waals surface area contributed by atoms with E-state index in [-0.39, 0.29) is 5.41 Å². The van der Waals surface area contributed by atoms with E-state index in [1.807, 2.05) is 29.1 Å². The lowest BCUT2D eigenvalue weighted by Gasteiger charge is -2.24. The van der Waals surface area contributed by atoms with E-state index in [1.54, 1.807) is 18.6 Å². The predicted octanol–water partition coefficient (Wildman–Crippen LogP) is 5.23. The number of hydrogen-bond acceptors (Lipinski definition) is 1. The number of hydrogen-bond donors (Lipinski definition) is 0. The first-order valence-electron chi connectivity index (χ1n) is 6.03. The molecule has 0 saturated carbocycles. The van der Waals surface area contributed by atoms with Crippen LogP contribution in [0.25, 0.3) is 11.8 Å².